The summed E-state index contributed by atoms with van der Waals surface area (Å²) in [5.74, 6) is -0.580. The van der Waals surface area contributed by atoms with Gasteiger partial charge in [-0.1, -0.05) is 0 Å². The van der Waals surface area contributed by atoms with Crippen molar-refractivity contribution in [2.45, 2.75) is 32.0 Å². The van der Waals surface area contributed by atoms with Crippen LogP contribution in [0, 0.1) is 11.8 Å². The van der Waals surface area contributed by atoms with Crippen molar-refractivity contribution in [2.75, 3.05) is 26.2 Å². The Bertz CT molecular complexity index is 238. The first kappa shape index (κ1) is 12.2. The van der Waals surface area contributed by atoms with Crippen LogP contribution < -0.4 is 5.32 Å². The molecule has 0 spiro atoms. The second kappa shape index (κ2) is 4.53. The van der Waals surface area contributed by atoms with Gasteiger partial charge in [0.05, 0.1) is 5.92 Å². The topological polar surface area (TPSA) is 15.3 Å². The van der Waals surface area contributed by atoms with E-state index in [1.165, 1.54) is 12.8 Å². The van der Waals surface area contributed by atoms with Gasteiger partial charge in [-0.2, -0.15) is 13.2 Å². The van der Waals surface area contributed by atoms with Gasteiger partial charge in [0.1, 0.15) is 0 Å². The Morgan fingerprint density at radius 2 is 2.00 bits per heavy atom. The normalized spacial score (nSPS) is 31.1. The summed E-state index contributed by atoms with van der Waals surface area (Å²) >= 11 is 0. The number of nitrogens with zero attached hydrogens (tertiary/aromatic N) is 1. The maximum absolute atomic E-state index is 12.7. The lowest BCUT2D eigenvalue weighted by atomic mass is 10.1. The Kier molecular flexibility index (Phi) is 3.45. The molecule has 2 atom stereocenters. The van der Waals surface area contributed by atoms with Crippen LogP contribution in [-0.2, 0) is 0 Å². The minimum Gasteiger partial charge on any atom is -0.315 e. The van der Waals surface area contributed by atoms with Crippen molar-refractivity contribution in [1.29, 1.82) is 0 Å². The minimum atomic E-state index is -4.07. The first-order valence-corrected chi connectivity index (χ1v) is 6.00. The van der Waals surface area contributed by atoms with Crippen LogP contribution in [0.1, 0.15) is 19.8 Å². The van der Waals surface area contributed by atoms with Crippen LogP contribution in [0.5, 0.6) is 0 Å². The van der Waals surface area contributed by atoms with Gasteiger partial charge in [0, 0.05) is 32.2 Å². The Morgan fingerprint density at radius 3 is 2.56 bits per heavy atom. The molecule has 2 rings (SSSR count). The Morgan fingerprint density at radius 1 is 1.31 bits per heavy atom. The number of halogens is 3. The SMILES string of the molecule is CC(C1CC1)N1CCNCC(C(F)(F)F)C1. The molecular formula is C11H19F3N2. The molecule has 5 heteroatoms. The highest BCUT2D eigenvalue weighted by molar-refractivity contribution is 4.88. The van der Waals surface area contributed by atoms with Gasteiger partial charge >= 0.3 is 6.18 Å². The molecule has 1 saturated heterocycles. The molecule has 16 heavy (non-hydrogen) atoms. The van der Waals surface area contributed by atoms with Gasteiger partial charge in [0.2, 0.25) is 0 Å². The van der Waals surface area contributed by atoms with E-state index in [2.05, 4.69) is 12.2 Å². The molecule has 2 unspecified atom stereocenters. The average molecular weight is 236 g/mol. The summed E-state index contributed by atoms with van der Waals surface area (Å²) in [6, 6.07) is 0.310. The fourth-order valence-corrected chi connectivity index (χ4v) is 2.40. The van der Waals surface area contributed by atoms with Crippen LogP contribution >= 0.6 is 0 Å². The van der Waals surface area contributed by atoms with Crippen molar-refractivity contribution in [3.63, 3.8) is 0 Å². The van der Waals surface area contributed by atoms with Crippen molar-refractivity contribution in [3.05, 3.63) is 0 Å². The summed E-state index contributed by atoms with van der Waals surface area (Å²) in [5, 5.41) is 2.89. The lowest BCUT2D eigenvalue weighted by Gasteiger charge is -2.30. The summed E-state index contributed by atoms with van der Waals surface area (Å²) in [7, 11) is 0. The summed E-state index contributed by atoms with van der Waals surface area (Å²) in [5.41, 5.74) is 0. The highest BCUT2D eigenvalue weighted by atomic mass is 19.4. The second-order valence-electron chi connectivity index (χ2n) is 5.02. The Balaban J connectivity index is 1.97. The molecule has 1 aliphatic carbocycles. The van der Waals surface area contributed by atoms with Crippen molar-refractivity contribution in [2.24, 2.45) is 11.8 Å². The lowest BCUT2D eigenvalue weighted by Crippen LogP contribution is -2.42. The largest absolute Gasteiger partial charge is 0.394 e. The average Bonchev–Trinajstić information content (AvgIpc) is 3.03. The van der Waals surface area contributed by atoms with Crippen LogP contribution in [0.25, 0.3) is 0 Å². The fraction of sp³-hybridized carbons (Fsp3) is 1.00. The standard InChI is InChI=1S/C11H19F3N2/c1-8(9-2-3-9)16-5-4-15-6-10(7-16)11(12,13)14/h8-10,15H,2-7H2,1H3. The van der Waals surface area contributed by atoms with E-state index in [-0.39, 0.29) is 13.1 Å². The van der Waals surface area contributed by atoms with Gasteiger partial charge < -0.3 is 5.32 Å². The third-order valence-corrected chi connectivity index (χ3v) is 3.76. The first-order valence-electron chi connectivity index (χ1n) is 6.00. The zero-order valence-corrected chi connectivity index (χ0v) is 9.56. The first-order chi connectivity index (χ1) is 7.48. The highest BCUT2D eigenvalue weighted by Crippen LogP contribution is 2.36. The second-order valence-corrected chi connectivity index (χ2v) is 5.02. The van der Waals surface area contributed by atoms with E-state index in [0.717, 1.165) is 6.54 Å². The maximum Gasteiger partial charge on any atom is 0.394 e. The van der Waals surface area contributed by atoms with E-state index in [4.69, 9.17) is 0 Å². The molecule has 1 N–H and O–H groups in total. The van der Waals surface area contributed by atoms with Crippen LogP contribution in [0.3, 0.4) is 0 Å². The molecule has 2 fully saturated rings. The molecule has 0 radical (unpaired) electrons. The summed E-state index contributed by atoms with van der Waals surface area (Å²) in [6.07, 6.45) is -1.71. The van der Waals surface area contributed by atoms with E-state index in [1.807, 2.05) is 4.90 Å². The highest BCUT2D eigenvalue weighted by Gasteiger charge is 2.43. The molecule has 0 aromatic carbocycles. The van der Waals surface area contributed by atoms with Gasteiger partial charge in [-0.05, 0) is 25.7 Å². The van der Waals surface area contributed by atoms with E-state index in [1.54, 1.807) is 0 Å². The van der Waals surface area contributed by atoms with Crippen LogP contribution in [0.4, 0.5) is 13.2 Å². The molecule has 0 aromatic rings. The molecule has 2 aliphatic rings. The molecule has 1 aliphatic heterocycles. The molecule has 2 nitrogen and oxygen atoms in total. The van der Waals surface area contributed by atoms with Gasteiger partial charge in [-0.3, -0.25) is 4.90 Å². The quantitative estimate of drug-likeness (QED) is 0.787. The molecule has 0 aromatic heterocycles. The predicted molar refractivity (Wildman–Crippen MR) is 56.2 cm³/mol. The van der Waals surface area contributed by atoms with Crippen molar-refractivity contribution < 1.29 is 13.2 Å². The smallest absolute Gasteiger partial charge is 0.315 e. The minimum absolute atomic E-state index is 0.0669. The molecule has 0 amide bonds. The molecule has 1 saturated carbocycles. The van der Waals surface area contributed by atoms with Crippen LogP contribution in [0.15, 0.2) is 0 Å². The Labute approximate surface area is 94.2 Å². The lowest BCUT2D eigenvalue weighted by molar-refractivity contribution is -0.177. The monoisotopic (exact) mass is 236 g/mol. The van der Waals surface area contributed by atoms with Crippen molar-refractivity contribution >= 4 is 0 Å². The van der Waals surface area contributed by atoms with E-state index >= 15 is 0 Å². The maximum atomic E-state index is 12.7. The summed E-state index contributed by atoms with van der Waals surface area (Å²) in [6.45, 7) is 3.70. The summed E-state index contributed by atoms with van der Waals surface area (Å²) < 4.78 is 38.1. The number of alkyl halides is 3. The number of hydrogen-bond donors (Lipinski definition) is 1. The van der Waals surface area contributed by atoms with Crippen LogP contribution in [0.2, 0.25) is 0 Å². The van der Waals surface area contributed by atoms with Gasteiger partial charge in [0.15, 0.2) is 0 Å². The van der Waals surface area contributed by atoms with E-state index in [0.29, 0.717) is 18.5 Å². The third kappa shape index (κ3) is 2.88. The fourth-order valence-electron chi connectivity index (χ4n) is 2.40. The molecule has 94 valence electrons. The molecule has 0 bridgehead atoms. The zero-order valence-electron chi connectivity index (χ0n) is 9.56. The van der Waals surface area contributed by atoms with Crippen molar-refractivity contribution in [3.8, 4) is 0 Å². The Hall–Kier alpha value is -0.290. The van der Waals surface area contributed by atoms with E-state index < -0.39 is 12.1 Å². The van der Waals surface area contributed by atoms with E-state index in [9.17, 15) is 13.2 Å². The number of nitrogens with one attached hydrogen (secondary N) is 1. The van der Waals surface area contributed by atoms with Gasteiger partial charge in [-0.15, -0.1) is 0 Å². The predicted octanol–water partition coefficient (Wildman–Crippen LogP) is 1.87. The molecular weight excluding hydrogens is 217 g/mol. The molecule has 1 heterocycles. The van der Waals surface area contributed by atoms with Crippen molar-refractivity contribution in [1.82, 2.24) is 10.2 Å². The summed E-state index contributed by atoms with van der Waals surface area (Å²) in [4.78, 5) is 2.01. The van der Waals surface area contributed by atoms with Gasteiger partial charge in [-0.25, -0.2) is 0 Å². The number of hydrogen-bond acceptors (Lipinski definition) is 2. The zero-order chi connectivity index (χ0) is 11.8. The third-order valence-electron chi connectivity index (χ3n) is 3.76. The number of rotatable bonds is 2. The van der Waals surface area contributed by atoms with Crippen LogP contribution in [-0.4, -0.2) is 43.3 Å². The van der Waals surface area contributed by atoms with Gasteiger partial charge in [0.25, 0.3) is 0 Å².